The van der Waals surface area contributed by atoms with Gasteiger partial charge in [0, 0.05) is 6.20 Å². The average Bonchev–Trinajstić information content (AvgIpc) is 2.43. The Morgan fingerprint density at radius 3 is 2.33 bits per heavy atom. The molecular formula is C15H19NO2. The minimum atomic E-state index is -0.149. The Balaban J connectivity index is 0.000000771. The SMILES string of the molecule is CC.Cc1c(O)ccn(Cc2ccccc2)c1=O. The predicted octanol–water partition coefficient (Wildman–Crippen LogP) is 2.94. The molecule has 96 valence electrons. The van der Waals surface area contributed by atoms with Gasteiger partial charge in [0.15, 0.2) is 0 Å². The molecule has 1 aromatic heterocycles. The van der Waals surface area contributed by atoms with Crippen LogP contribution in [0.3, 0.4) is 0 Å². The summed E-state index contributed by atoms with van der Waals surface area (Å²) in [4.78, 5) is 11.8. The first-order valence-electron chi connectivity index (χ1n) is 6.11. The van der Waals surface area contributed by atoms with Gasteiger partial charge in [0.1, 0.15) is 5.75 Å². The molecule has 0 spiro atoms. The summed E-state index contributed by atoms with van der Waals surface area (Å²) in [6.07, 6.45) is 1.61. The lowest BCUT2D eigenvalue weighted by Gasteiger charge is -2.07. The molecule has 0 aliphatic heterocycles. The van der Waals surface area contributed by atoms with E-state index < -0.39 is 0 Å². The highest BCUT2D eigenvalue weighted by molar-refractivity contribution is 5.28. The van der Waals surface area contributed by atoms with Gasteiger partial charge >= 0.3 is 0 Å². The molecule has 1 heterocycles. The quantitative estimate of drug-likeness (QED) is 0.884. The molecule has 3 heteroatoms. The second-order valence-corrected chi connectivity index (χ2v) is 3.74. The van der Waals surface area contributed by atoms with Gasteiger partial charge in [-0.3, -0.25) is 4.79 Å². The van der Waals surface area contributed by atoms with Gasteiger partial charge in [-0.05, 0) is 18.6 Å². The van der Waals surface area contributed by atoms with Crippen LogP contribution in [0.15, 0.2) is 47.4 Å². The zero-order chi connectivity index (χ0) is 13.5. The van der Waals surface area contributed by atoms with Crippen LogP contribution in [0.25, 0.3) is 0 Å². The van der Waals surface area contributed by atoms with Gasteiger partial charge < -0.3 is 9.67 Å². The first-order valence-corrected chi connectivity index (χ1v) is 6.11. The largest absolute Gasteiger partial charge is 0.507 e. The second kappa shape index (κ2) is 6.64. The topological polar surface area (TPSA) is 42.2 Å². The van der Waals surface area contributed by atoms with E-state index in [1.165, 1.54) is 0 Å². The van der Waals surface area contributed by atoms with Crippen LogP contribution in [0.1, 0.15) is 25.0 Å². The molecule has 18 heavy (non-hydrogen) atoms. The fourth-order valence-electron chi connectivity index (χ4n) is 1.58. The first-order chi connectivity index (χ1) is 8.68. The Bertz CT molecular complexity index is 544. The zero-order valence-corrected chi connectivity index (χ0v) is 11.1. The van der Waals surface area contributed by atoms with Crippen LogP contribution in [0.2, 0.25) is 0 Å². The number of hydrogen-bond acceptors (Lipinski definition) is 2. The van der Waals surface area contributed by atoms with E-state index in [2.05, 4.69) is 0 Å². The second-order valence-electron chi connectivity index (χ2n) is 3.74. The van der Waals surface area contributed by atoms with E-state index >= 15 is 0 Å². The standard InChI is InChI=1S/C13H13NO2.C2H6/c1-10-12(15)7-8-14(13(10)16)9-11-5-3-2-4-6-11;1-2/h2-8,15H,9H2,1H3;1-2H3. The van der Waals surface area contributed by atoms with Gasteiger partial charge in [0.2, 0.25) is 0 Å². The average molecular weight is 245 g/mol. The Morgan fingerprint density at radius 1 is 1.11 bits per heavy atom. The maximum Gasteiger partial charge on any atom is 0.257 e. The molecular weight excluding hydrogens is 226 g/mol. The first kappa shape index (κ1) is 14.0. The van der Waals surface area contributed by atoms with Gasteiger partial charge in [-0.1, -0.05) is 44.2 Å². The number of benzene rings is 1. The summed E-state index contributed by atoms with van der Waals surface area (Å²) in [5.41, 5.74) is 1.30. The van der Waals surface area contributed by atoms with E-state index in [9.17, 15) is 9.90 Å². The fraction of sp³-hybridized carbons (Fsp3) is 0.267. The van der Waals surface area contributed by atoms with Crippen molar-refractivity contribution in [1.29, 1.82) is 0 Å². The van der Waals surface area contributed by atoms with Crippen LogP contribution in [0, 0.1) is 6.92 Å². The molecule has 0 amide bonds. The molecule has 0 bridgehead atoms. The molecule has 0 atom stereocenters. The molecule has 1 aromatic carbocycles. The summed E-state index contributed by atoms with van der Waals surface area (Å²) >= 11 is 0. The van der Waals surface area contributed by atoms with Crippen molar-refractivity contribution in [2.75, 3.05) is 0 Å². The molecule has 3 nitrogen and oxygen atoms in total. The minimum Gasteiger partial charge on any atom is -0.507 e. The predicted molar refractivity (Wildman–Crippen MR) is 74.0 cm³/mol. The summed E-state index contributed by atoms with van der Waals surface area (Å²) in [5.74, 6) is 0.0503. The third kappa shape index (κ3) is 3.23. The molecule has 2 aromatic rings. The van der Waals surface area contributed by atoms with E-state index in [0.717, 1.165) is 5.56 Å². The summed E-state index contributed by atoms with van der Waals surface area (Å²) < 4.78 is 1.59. The van der Waals surface area contributed by atoms with Crippen molar-refractivity contribution in [2.24, 2.45) is 0 Å². The van der Waals surface area contributed by atoms with E-state index in [1.807, 2.05) is 44.2 Å². The molecule has 0 unspecified atom stereocenters. The maximum absolute atomic E-state index is 11.8. The number of nitrogens with zero attached hydrogens (tertiary/aromatic N) is 1. The lowest BCUT2D eigenvalue weighted by Crippen LogP contribution is -2.21. The molecule has 2 rings (SSSR count). The minimum absolute atomic E-state index is 0.0503. The fourth-order valence-corrected chi connectivity index (χ4v) is 1.58. The summed E-state index contributed by atoms with van der Waals surface area (Å²) in [6, 6.07) is 11.3. The van der Waals surface area contributed by atoms with Crippen molar-refractivity contribution in [3.63, 3.8) is 0 Å². The molecule has 0 fully saturated rings. The Kier molecular flexibility index (Phi) is 5.18. The Hall–Kier alpha value is -2.03. The number of aromatic hydroxyl groups is 1. The highest BCUT2D eigenvalue weighted by Gasteiger charge is 2.04. The van der Waals surface area contributed by atoms with Crippen LogP contribution in [0.4, 0.5) is 0 Å². The normalized spacial score (nSPS) is 9.50. The van der Waals surface area contributed by atoms with Crippen molar-refractivity contribution in [1.82, 2.24) is 4.57 Å². The van der Waals surface area contributed by atoms with Gasteiger partial charge in [-0.15, -0.1) is 0 Å². The van der Waals surface area contributed by atoms with E-state index in [4.69, 9.17) is 0 Å². The van der Waals surface area contributed by atoms with Crippen LogP contribution in [0.5, 0.6) is 5.75 Å². The molecule has 0 saturated heterocycles. The van der Waals surface area contributed by atoms with Crippen LogP contribution in [-0.4, -0.2) is 9.67 Å². The van der Waals surface area contributed by atoms with Crippen molar-refractivity contribution < 1.29 is 5.11 Å². The lowest BCUT2D eigenvalue weighted by atomic mass is 10.2. The van der Waals surface area contributed by atoms with E-state index in [-0.39, 0.29) is 11.3 Å². The van der Waals surface area contributed by atoms with E-state index in [1.54, 1.807) is 23.8 Å². The smallest absolute Gasteiger partial charge is 0.257 e. The number of rotatable bonds is 2. The molecule has 0 saturated carbocycles. The lowest BCUT2D eigenvalue weighted by molar-refractivity contribution is 0.466. The van der Waals surface area contributed by atoms with Crippen LogP contribution < -0.4 is 5.56 Å². The third-order valence-electron chi connectivity index (χ3n) is 2.57. The molecule has 0 aliphatic rings. The Labute approximate surface area is 107 Å². The van der Waals surface area contributed by atoms with Gasteiger partial charge in [-0.2, -0.15) is 0 Å². The van der Waals surface area contributed by atoms with Crippen molar-refractivity contribution >= 4 is 0 Å². The van der Waals surface area contributed by atoms with Gasteiger partial charge in [0.25, 0.3) is 5.56 Å². The summed E-state index contributed by atoms with van der Waals surface area (Å²) in [7, 11) is 0. The van der Waals surface area contributed by atoms with Crippen molar-refractivity contribution in [3.8, 4) is 5.75 Å². The highest BCUT2D eigenvalue weighted by atomic mass is 16.3. The Morgan fingerprint density at radius 2 is 1.72 bits per heavy atom. The molecule has 0 radical (unpaired) electrons. The van der Waals surface area contributed by atoms with Crippen molar-refractivity contribution in [2.45, 2.75) is 27.3 Å². The van der Waals surface area contributed by atoms with E-state index in [0.29, 0.717) is 12.1 Å². The molecule has 0 aliphatic carbocycles. The number of aromatic nitrogens is 1. The molecule has 1 N–H and O–H groups in total. The van der Waals surface area contributed by atoms with Crippen molar-refractivity contribution in [3.05, 3.63) is 64.1 Å². The summed E-state index contributed by atoms with van der Waals surface area (Å²) in [6.45, 7) is 6.15. The maximum atomic E-state index is 11.8. The van der Waals surface area contributed by atoms with Crippen LogP contribution in [-0.2, 0) is 6.54 Å². The van der Waals surface area contributed by atoms with Gasteiger partial charge in [0.05, 0.1) is 12.1 Å². The summed E-state index contributed by atoms with van der Waals surface area (Å²) in [5, 5.41) is 9.38. The van der Waals surface area contributed by atoms with Crippen LogP contribution >= 0.6 is 0 Å². The highest BCUT2D eigenvalue weighted by Crippen LogP contribution is 2.10. The number of hydrogen-bond donors (Lipinski definition) is 1. The number of pyridine rings is 1. The third-order valence-corrected chi connectivity index (χ3v) is 2.57. The zero-order valence-electron chi connectivity index (χ0n) is 11.1. The monoisotopic (exact) mass is 245 g/mol. The van der Waals surface area contributed by atoms with Gasteiger partial charge in [-0.25, -0.2) is 0 Å².